The molecular formula is C14H28Cl2Si. The molecule has 102 valence electrons. The highest BCUT2D eigenvalue weighted by atomic mass is 35.7. The van der Waals surface area contributed by atoms with Crippen LogP contribution in [0.15, 0.2) is 0 Å². The molecule has 0 aromatic heterocycles. The minimum Gasteiger partial charge on any atom is -0.146 e. The normalized spacial score (nSPS) is 18.5. The first-order valence-corrected chi connectivity index (χ1v) is 11.9. The van der Waals surface area contributed by atoms with Crippen molar-refractivity contribution in [3.63, 3.8) is 0 Å². The summed E-state index contributed by atoms with van der Waals surface area (Å²) in [5, 5.41) is 0. The monoisotopic (exact) mass is 294 g/mol. The number of unbranched alkanes of at least 4 members (excludes halogenated alkanes) is 5. The van der Waals surface area contributed by atoms with Gasteiger partial charge in [-0.3, -0.25) is 0 Å². The van der Waals surface area contributed by atoms with E-state index in [1.165, 1.54) is 70.6 Å². The third-order valence-corrected chi connectivity index (χ3v) is 9.84. The molecule has 3 heteroatoms. The molecule has 0 aliphatic heterocycles. The maximum absolute atomic E-state index is 6.66. The van der Waals surface area contributed by atoms with Crippen LogP contribution in [0.5, 0.6) is 0 Å². The first-order valence-electron chi connectivity index (χ1n) is 7.54. The van der Waals surface area contributed by atoms with Crippen LogP contribution < -0.4 is 0 Å². The number of halogens is 2. The molecular weight excluding hydrogens is 267 g/mol. The Morgan fingerprint density at radius 2 is 1.47 bits per heavy atom. The zero-order valence-corrected chi connectivity index (χ0v) is 13.8. The van der Waals surface area contributed by atoms with Crippen molar-refractivity contribution in [2.45, 2.75) is 89.1 Å². The summed E-state index contributed by atoms with van der Waals surface area (Å²) in [6, 6.07) is 1.13. The molecule has 1 rings (SSSR count). The molecule has 0 unspecified atom stereocenters. The summed E-state index contributed by atoms with van der Waals surface area (Å²) < 4.78 is 0. The predicted octanol–water partition coefficient (Wildman–Crippen LogP) is 6.60. The molecule has 0 N–H and O–H groups in total. The van der Waals surface area contributed by atoms with Gasteiger partial charge in [-0.05, 0) is 11.6 Å². The quantitative estimate of drug-likeness (QED) is 0.269. The first kappa shape index (κ1) is 15.9. The van der Waals surface area contributed by atoms with E-state index in [0.717, 1.165) is 6.04 Å². The Hall–Kier alpha value is 0.797. The molecule has 0 radical (unpaired) electrons. The zero-order chi connectivity index (χ0) is 12.6. The largest absolute Gasteiger partial charge is 0.254 e. The van der Waals surface area contributed by atoms with Crippen molar-refractivity contribution in [3.8, 4) is 0 Å². The fourth-order valence-corrected chi connectivity index (χ4v) is 7.36. The molecule has 1 aliphatic carbocycles. The van der Waals surface area contributed by atoms with Gasteiger partial charge in [0, 0.05) is 0 Å². The lowest BCUT2D eigenvalue weighted by atomic mass is 10.0. The molecule has 0 bridgehead atoms. The Bertz CT molecular complexity index is 189. The molecule has 1 aliphatic rings. The van der Waals surface area contributed by atoms with Crippen LogP contribution >= 0.6 is 22.2 Å². The van der Waals surface area contributed by atoms with Gasteiger partial charge in [0.05, 0.1) is 0 Å². The van der Waals surface area contributed by atoms with E-state index in [4.69, 9.17) is 22.2 Å². The summed E-state index contributed by atoms with van der Waals surface area (Å²) >= 11 is 13.3. The molecule has 1 fully saturated rings. The van der Waals surface area contributed by atoms with E-state index in [1.54, 1.807) is 0 Å². The van der Waals surface area contributed by atoms with Gasteiger partial charge in [0.1, 0.15) is 0 Å². The van der Waals surface area contributed by atoms with Gasteiger partial charge < -0.3 is 0 Å². The van der Waals surface area contributed by atoms with Gasteiger partial charge in [0.2, 0.25) is 0 Å². The van der Waals surface area contributed by atoms with Crippen LogP contribution in [0.4, 0.5) is 0 Å². The summed E-state index contributed by atoms with van der Waals surface area (Å²) in [5.74, 6) is 0. The van der Waals surface area contributed by atoms with Crippen LogP contribution in [0.3, 0.4) is 0 Å². The third-order valence-electron chi connectivity index (χ3n) is 4.07. The lowest BCUT2D eigenvalue weighted by molar-refractivity contribution is 0.495. The van der Waals surface area contributed by atoms with Crippen molar-refractivity contribution >= 4 is 28.9 Å². The van der Waals surface area contributed by atoms with Crippen molar-refractivity contribution in [2.75, 3.05) is 0 Å². The molecule has 0 spiro atoms. The molecule has 1 saturated carbocycles. The van der Waals surface area contributed by atoms with Crippen molar-refractivity contribution in [1.82, 2.24) is 0 Å². The Morgan fingerprint density at radius 3 is 2.12 bits per heavy atom. The Morgan fingerprint density at radius 1 is 0.882 bits per heavy atom. The SMILES string of the molecule is CCCCCCCC[Si](Cl)(Cl)C1CCCCC1. The highest BCUT2D eigenvalue weighted by Crippen LogP contribution is 2.44. The molecule has 0 heterocycles. The maximum atomic E-state index is 6.66. The second kappa shape index (κ2) is 8.82. The summed E-state index contributed by atoms with van der Waals surface area (Å²) in [5.41, 5.74) is 0.690. The average Bonchev–Trinajstić information content (AvgIpc) is 2.35. The Kier molecular flexibility index (Phi) is 8.23. The van der Waals surface area contributed by atoms with Gasteiger partial charge in [-0.15, -0.1) is 22.2 Å². The zero-order valence-electron chi connectivity index (χ0n) is 11.3. The van der Waals surface area contributed by atoms with Gasteiger partial charge in [-0.25, -0.2) is 0 Å². The van der Waals surface area contributed by atoms with Gasteiger partial charge in [0.15, 0.2) is 0 Å². The highest BCUT2D eigenvalue weighted by Gasteiger charge is 2.38. The van der Waals surface area contributed by atoms with E-state index >= 15 is 0 Å². The number of hydrogen-bond acceptors (Lipinski definition) is 0. The maximum Gasteiger partial charge on any atom is 0.254 e. The minimum atomic E-state index is -1.93. The summed E-state index contributed by atoms with van der Waals surface area (Å²) in [6.07, 6.45) is 14.8. The second-order valence-corrected chi connectivity index (χ2v) is 13.1. The second-order valence-electron chi connectivity index (χ2n) is 5.61. The first-order chi connectivity index (χ1) is 8.17. The number of hydrogen-bond donors (Lipinski definition) is 0. The van der Waals surface area contributed by atoms with Gasteiger partial charge in [-0.2, -0.15) is 0 Å². The van der Waals surface area contributed by atoms with Gasteiger partial charge in [0.25, 0.3) is 6.69 Å². The van der Waals surface area contributed by atoms with E-state index in [9.17, 15) is 0 Å². The molecule has 0 atom stereocenters. The van der Waals surface area contributed by atoms with Crippen LogP contribution in [0.1, 0.15) is 77.6 Å². The fraction of sp³-hybridized carbons (Fsp3) is 1.00. The van der Waals surface area contributed by atoms with Crippen molar-refractivity contribution in [1.29, 1.82) is 0 Å². The van der Waals surface area contributed by atoms with E-state index in [2.05, 4.69) is 6.92 Å². The fourth-order valence-electron chi connectivity index (χ4n) is 2.87. The molecule has 17 heavy (non-hydrogen) atoms. The Balaban J connectivity index is 2.10. The summed E-state index contributed by atoms with van der Waals surface area (Å²) in [6.45, 7) is 0.336. The molecule has 0 amide bonds. The lowest BCUT2D eigenvalue weighted by Crippen LogP contribution is -2.28. The topological polar surface area (TPSA) is 0 Å². The van der Waals surface area contributed by atoms with E-state index in [-0.39, 0.29) is 0 Å². The van der Waals surface area contributed by atoms with Crippen LogP contribution in [-0.2, 0) is 0 Å². The standard InChI is InChI=1S/C14H28Cl2Si/c1-2-3-4-5-6-10-13-17(15,16)14-11-8-7-9-12-14/h14H,2-13H2,1H3. The van der Waals surface area contributed by atoms with E-state index < -0.39 is 6.69 Å². The molecule has 0 aromatic carbocycles. The molecule has 0 saturated heterocycles. The molecule has 0 nitrogen and oxygen atoms in total. The average molecular weight is 295 g/mol. The summed E-state index contributed by atoms with van der Waals surface area (Å²) in [7, 11) is 0. The predicted molar refractivity (Wildman–Crippen MR) is 82.5 cm³/mol. The van der Waals surface area contributed by atoms with Crippen molar-refractivity contribution in [2.24, 2.45) is 0 Å². The minimum absolute atomic E-state index is 0.690. The highest BCUT2D eigenvalue weighted by molar-refractivity contribution is 7.46. The van der Waals surface area contributed by atoms with E-state index in [0.29, 0.717) is 5.54 Å². The van der Waals surface area contributed by atoms with E-state index in [1.807, 2.05) is 0 Å². The van der Waals surface area contributed by atoms with Crippen molar-refractivity contribution < 1.29 is 0 Å². The van der Waals surface area contributed by atoms with Crippen LogP contribution in [0, 0.1) is 0 Å². The Labute approximate surface area is 118 Å². The van der Waals surface area contributed by atoms with Crippen LogP contribution in [-0.4, -0.2) is 6.69 Å². The smallest absolute Gasteiger partial charge is 0.146 e. The lowest BCUT2D eigenvalue weighted by Gasteiger charge is -2.30. The summed E-state index contributed by atoms with van der Waals surface area (Å²) in [4.78, 5) is 0. The third kappa shape index (κ3) is 6.49. The van der Waals surface area contributed by atoms with Gasteiger partial charge >= 0.3 is 0 Å². The van der Waals surface area contributed by atoms with Crippen molar-refractivity contribution in [3.05, 3.63) is 0 Å². The van der Waals surface area contributed by atoms with Crippen LogP contribution in [0.2, 0.25) is 11.6 Å². The molecule has 0 aromatic rings. The van der Waals surface area contributed by atoms with Gasteiger partial charge in [-0.1, -0.05) is 77.6 Å². The number of rotatable bonds is 8. The van der Waals surface area contributed by atoms with Crippen LogP contribution in [0.25, 0.3) is 0 Å².